The molecule has 3 aromatic rings. The smallest absolute Gasteiger partial charge is 0.287 e. The number of benzene rings is 2. The Kier molecular flexibility index (Phi) is 4.98. The first-order valence-corrected chi connectivity index (χ1v) is 10.4. The molecule has 7 heteroatoms. The Morgan fingerprint density at radius 2 is 1.90 bits per heavy atom. The number of furan rings is 1. The van der Waals surface area contributed by atoms with Gasteiger partial charge in [0.1, 0.15) is 11.3 Å². The minimum Gasteiger partial charge on any atom is -0.497 e. The summed E-state index contributed by atoms with van der Waals surface area (Å²) in [6.45, 7) is 3.90. The van der Waals surface area contributed by atoms with Gasteiger partial charge in [-0.2, -0.15) is 0 Å². The number of carbonyl (C=O) groups excluding carboxylic acids is 1. The number of hydrogen-bond donors (Lipinski definition) is 1. The summed E-state index contributed by atoms with van der Waals surface area (Å²) in [4.78, 5) is 13.1. The predicted molar refractivity (Wildman–Crippen MR) is 114 cm³/mol. The van der Waals surface area contributed by atoms with Gasteiger partial charge >= 0.3 is 0 Å². The highest BCUT2D eigenvalue weighted by Gasteiger charge is 2.36. The van der Waals surface area contributed by atoms with Gasteiger partial charge in [0.15, 0.2) is 17.3 Å². The van der Waals surface area contributed by atoms with Crippen LogP contribution in [0.2, 0.25) is 0 Å². The Balaban J connectivity index is 1.40. The lowest BCUT2D eigenvalue weighted by atomic mass is 9.74. The molecular formula is C24H25NO6. The van der Waals surface area contributed by atoms with Gasteiger partial charge in [-0.1, -0.05) is 6.07 Å². The third-order valence-electron chi connectivity index (χ3n) is 6.37. The van der Waals surface area contributed by atoms with Gasteiger partial charge in [-0.05, 0) is 55.7 Å². The average Bonchev–Trinajstić information content (AvgIpc) is 3.41. The standard InChI is InChI=1S/C24H25NO6/c1-15-18-12-17(27-2)4-6-19(18)31-22(15)23(26)25-13-24(7-9-28-10-8-24)16-3-5-20-21(11-16)30-14-29-20/h3-6,11-12H,7-10,13-14H2,1-2H3,(H,25,26). The van der Waals surface area contributed by atoms with Crippen molar-refractivity contribution in [1.29, 1.82) is 0 Å². The van der Waals surface area contributed by atoms with Crippen molar-refractivity contribution in [1.82, 2.24) is 5.32 Å². The van der Waals surface area contributed by atoms with E-state index in [1.165, 1.54) is 0 Å². The lowest BCUT2D eigenvalue weighted by molar-refractivity contribution is 0.0484. The zero-order valence-electron chi connectivity index (χ0n) is 17.7. The molecule has 2 aliphatic rings. The number of hydrogen-bond acceptors (Lipinski definition) is 6. The number of methoxy groups -OCH3 is 1. The molecule has 7 nitrogen and oxygen atoms in total. The van der Waals surface area contributed by atoms with Crippen molar-refractivity contribution in [3.8, 4) is 17.2 Å². The molecule has 162 valence electrons. The number of aryl methyl sites for hydroxylation is 1. The van der Waals surface area contributed by atoms with Crippen molar-refractivity contribution in [2.75, 3.05) is 33.7 Å². The number of rotatable bonds is 5. The second-order valence-corrected chi connectivity index (χ2v) is 8.06. The molecule has 0 atom stereocenters. The van der Waals surface area contributed by atoms with E-state index in [1.807, 2.05) is 37.3 Å². The van der Waals surface area contributed by atoms with Crippen molar-refractivity contribution in [3.05, 3.63) is 53.3 Å². The first kappa shape index (κ1) is 19.8. The summed E-state index contributed by atoms with van der Waals surface area (Å²) in [7, 11) is 1.62. The molecule has 0 bridgehead atoms. The third kappa shape index (κ3) is 3.49. The summed E-state index contributed by atoms with van der Waals surface area (Å²) in [6.07, 6.45) is 1.62. The molecule has 0 saturated carbocycles. The SMILES string of the molecule is COc1ccc2oc(C(=O)NCC3(c4ccc5c(c4)OCO5)CCOCC3)c(C)c2c1. The maximum atomic E-state index is 13.1. The number of nitrogens with one attached hydrogen (secondary N) is 1. The first-order valence-electron chi connectivity index (χ1n) is 10.4. The fraction of sp³-hybridized carbons (Fsp3) is 0.375. The first-order chi connectivity index (χ1) is 15.1. The molecule has 1 N–H and O–H groups in total. The van der Waals surface area contributed by atoms with Gasteiger partial charge in [0.05, 0.1) is 7.11 Å². The highest BCUT2D eigenvalue weighted by atomic mass is 16.7. The monoisotopic (exact) mass is 423 g/mol. The Bertz CT molecular complexity index is 1130. The van der Waals surface area contributed by atoms with Crippen LogP contribution in [0.1, 0.15) is 34.5 Å². The zero-order chi connectivity index (χ0) is 21.4. The van der Waals surface area contributed by atoms with E-state index in [0.717, 1.165) is 46.6 Å². The van der Waals surface area contributed by atoms with Crippen molar-refractivity contribution >= 4 is 16.9 Å². The van der Waals surface area contributed by atoms with E-state index in [-0.39, 0.29) is 18.1 Å². The van der Waals surface area contributed by atoms with Gasteiger partial charge in [-0.25, -0.2) is 0 Å². The van der Waals surface area contributed by atoms with E-state index in [9.17, 15) is 4.79 Å². The molecule has 1 fully saturated rings. The second kappa shape index (κ2) is 7.81. The largest absolute Gasteiger partial charge is 0.497 e. The molecule has 1 aromatic heterocycles. The molecule has 1 saturated heterocycles. The lowest BCUT2D eigenvalue weighted by Crippen LogP contribution is -2.44. The van der Waals surface area contributed by atoms with Crippen LogP contribution in [0.3, 0.4) is 0 Å². The number of amides is 1. The van der Waals surface area contributed by atoms with E-state index >= 15 is 0 Å². The van der Waals surface area contributed by atoms with Gasteiger partial charge in [0.2, 0.25) is 6.79 Å². The molecule has 0 radical (unpaired) electrons. The van der Waals surface area contributed by atoms with Gasteiger partial charge in [-0.3, -0.25) is 4.79 Å². The molecule has 2 aliphatic heterocycles. The van der Waals surface area contributed by atoms with Crippen LogP contribution in [0, 0.1) is 6.92 Å². The molecule has 0 spiro atoms. The minimum atomic E-state index is -0.238. The van der Waals surface area contributed by atoms with Gasteiger partial charge < -0.3 is 28.7 Å². The Morgan fingerprint density at radius 1 is 1.10 bits per heavy atom. The van der Waals surface area contributed by atoms with E-state index < -0.39 is 0 Å². The van der Waals surface area contributed by atoms with Crippen molar-refractivity contribution in [2.45, 2.75) is 25.2 Å². The Labute approximate surface area is 180 Å². The summed E-state index contributed by atoms with van der Waals surface area (Å²) in [5, 5.41) is 3.99. The Morgan fingerprint density at radius 3 is 2.71 bits per heavy atom. The summed E-state index contributed by atoms with van der Waals surface area (Å²) < 4.78 is 27.8. The molecule has 31 heavy (non-hydrogen) atoms. The van der Waals surface area contributed by atoms with Gasteiger partial charge in [-0.15, -0.1) is 0 Å². The average molecular weight is 423 g/mol. The zero-order valence-corrected chi connectivity index (χ0v) is 17.7. The predicted octanol–water partition coefficient (Wildman–Crippen LogP) is 3.96. The topological polar surface area (TPSA) is 79.2 Å². The molecule has 0 unspecified atom stereocenters. The maximum Gasteiger partial charge on any atom is 0.287 e. The van der Waals surface area contributed by atoms with E-state index in [4.69, 9.17) is 23.4 Å². The molecule has 1 amide bonds. The van der Waals surface area contributed by atoms with Gasteiger partial charge in [0.25, 0.3) is 5.91 Å². The summed E-state index contributed by atoms with van der Waals surface area (Å²) in [5.74, 6) is 2.34. The van der Waals surface area contributed by atoms with Crippen LogP contribution >= 0.6 is 0 Å². The molecular weight excluding hydrogens is 398 g/mol. The van der Waals surface area contributed by atoms with Crippen LogP contribution in [-0.2, 0) is 10.2 Å². The van der Waals surface area contributed by atoms with Crippen molar-refractivity contribution in [3.63, 3.8) is 0 Å². The second-order valence-electron chi connectivity index (χ2n) is 8.06. The molecule has 0 aliphatic carbocycles. The lowest BCUT2D eigenvalue weighted by Gasteiger charge is -2.38. The normalized spacial score (nSPS) is 17.0. The van der Waals surface area contributed by atoms with Crippen LogP contribution in [0.15, 0.2) is 40.8 Å². The fourth-order valence-corrected chi connectivity index (χ4v) is 4.43. The maximum absolute atomic E-state index is 13.1. The number of fused-ring (bicyclic) bond motifs is 2. The number of carbonyl (C=O) groups is 1. The van der Waals surface area contributed by atoms with Crippen molar-refractivity contribution in [2.24, 2.45) is 0 Å². The van der Waals surface area contributed by atoms with Crippen LogP contribution in [0.5, 0.6) is 17.2 Å². The fourth-order valence-electron chi connectivity index (χ4n) is 4.43. The van der Waals surface area contributed by atoms with Crippen LogP contribution < -0.4 is 19.5 Å². The summed E-state index contributed by atoms with van der Waals surface area (Å²) in [5.41, 5.74) is 2.35. The highest BCUT2D eigenvalue weighted by Crippen LogP contribution is 2.40. The summed E-state index contributed by atoms with van der Waals surface area (Å²) >= 11 is 0. The molecule has 3 heterocycles. The van der Waals surface area contributed by atoms with E-state index in [2.05, 4.69) is 11.4 Å². The van der Waals surface area contributed by atoms with E-state index in [1.54, 1.807) is 7.11 Å². The minimum absolute atomic E-state index is 0.223. The quantitative estimate of drug-likeness (QED) is 0.669. The van der Waals surface area contributed by atoms with E-state index in [0.29, 0.717) is 31.1 Å². The number of ether oxygens (including phenoxy) is 4. The molecule has 5 rings (SSSR count). The molecule has 2 aromatic carbocycles. The Hall–Kier alpha value is -3.19. The van der Waals surface area contributed by atoms with Crippen LogP contribution in [0.4, 0.5) is 0 Å². The van der Waals surface area contributed by atoms with Crippen LogP contribution in [-0.4, -0.2) is 39.6 Å². The highest BCUT2D eigenvalue weighted by molar-refractivity contribution is 5.99. The third-order valence-corrected chi connectivity index (χ3v) is 6.37. The van der Waals surface area contributed by atoms with Crippen molar-refractivity contribution < 1.29 is 28.2 Å². The van der Waals surface area contributed by atoms with Gasteiger partial charge in [0, 0.05) is 36.1 Å². The van der Waals surface area contributed by atoms with Crippen LogP contribution in [0.25, 0.3) is 11.0 Å². The summed E-state index contributed by atoms with van der Waals surface area (Å²) in [6, 6.07) is 11.6.